The van der Waals surface area contributed by atoms with Gasteiger partial charge >= 0.3 is 0 Å². The lowest BCUT2D eigenvalue weighted by molar-refractivity contribution is 0.0324. The van der Waals surface area contributed by atoms with Gasteiger partial charge in [0.25, 0.3) is 0 Å². The Bertz CT molecular complexity index is 404. The maximum atomic E-state index is 13.2. The minimum Gasteiger partial charge on any atom is -0.374 e. The number of hydrogen-bond donors (Lipinski definition) is 1. The lowest BCUT2D eigenvalue weighted by atomic mass is 9.99. The summed E-state index contributed by atoms with van der Waals surface area (Å²) in [5.74, 6) is -1.04. The molecule has 0 saturated carbocycles. The average Bonchev–Trinajstić information content (AvgIpc) is 2.74. The Balaban J connectivity index is 2.07. The summed E-state index contributed by atoms with van der Waals surface area (Å²) in [5.41, 5.74) is 0.673. The van der Waals surface area contributed by atoms with Crippen molar-refractivity contribution in [2.75, 3.05) is 6.54 Å². The van der Waals surface area contributed by atoms with Crippen LogP contribution in [-0.4, -0.2) is 24.8 Å². The van der Waals surface area contributed by atoms with Crippen LogP contribution in [0.1, 0.15) is 32.3 Å². The summed E-state index contributed by atoms with van der Waals surface area (Å²) >= 11 is 0. The van der Waals surface area contributed by atoms with Gasteiger partial charge in [-0.3, -0.25) is 0 Å². The minimum atomic E-state index is -0.522. The van der Waals surface area contributed by atoms with Crippen molar-refractivity contribution in [2.45, 2.75) is 51.4 Å². The van der Waals surface area contributed by atoms with Gasteiger partial charge in [0.1, 0.15) is 11.6 Å². The van der Waals surface area contributed by atoms with Gasteiger partial charge in [0.15, 0.2) is 0 Å². The zero-order valence-corrected chi connectivity index (χ0v) is 11.5. The fourth-order valence-electron chi connectivity index (χ4n) is 2.71. The van der Waals surface area contributed by atoms with Crippen LogP contribution in [0.3, 0.4) is 0 Å². The van der Waals surface area contributed by atoms with Crippen molar-refractivity contribution in [1.82, 2.24) is 5.32 Å². The van der Waals surface area contributed by atoms with E-state index in [1.807, 2.05) is 6.92 Å². The van der Waals surface area contributed by atoms with E-state index in [0.717, 1.165) is 25.5 Å². The number of hydrogen-bond acceptors (Lipinski definition) is 2. The van der Waals surface area contributed by atoms with Crippen molar-refractivity contribution in [2.24, 2.45) is 0 Å². The number of ether oxygens (including phenoxy) is 1. The first kappa shape index (κ1) is 14.4. The molecule has 0 bridgehead atoms. The van der Waals surface area contributed by atoms with E-state index in [0.29, 0.717) is 12.0 Å². The van der Waals surface area contributed by atoms with Crippen LogP contribution >= 0.6 is 0 Å². The molecule has 2 rings (SSSR count). The average molecular weight is 269 g/mol. The summed E-state index contributed by atoms with van der Waals surface area (Å²) in [6, 6.07) is 3.80. The second-order valence-corrected chi connectivity index (χ2v) is 5.21. The Kier molecular flexibility index (Phi) is 4.88. The molecule has 0 radical (unpaired) electrons. The number of benzene rings is 1. The van der Waals surface area contributed by atoms with Crippen LogP contribution in [0.15, 0.2) is 18.2 Å². The highest BCUT2D eigenvalue weighted by Crippen LogP contribution is 2.24. The Morgan fingerprint density at radius 3 is 2.47 bits per heavy atom. The summed E-state index contributed by atoms with van der Waals surface area (Å²) in [6.07, 6.45) is 3.03. The SMILES string of the molecule is CCNC(Cc1cc(F)cc(F)c1)C1CCC(C)O1. The highest BCUT2D eigenvalue weighted by Gasteiger charge is 2.29. The van der Waals surface area contributed by atoms with E-state index in [1.165, 1.54) is 12.1 Å². The quantitative estimate of drug-likeness (QED) is 0.887. The topological polar surface area (TPSA) is 21.3 Å². The van der Waals surface area contributed by atoms with Gasteiger partial charge in [0.2, 0.25) is 0 Å². The second-order valence-electron chi connectivity index (χ2n) is 5.21. The minimum absolute atomic E-state index is 0.108. The number of likely N-dealkylation sites (N-methyl/N-ethyl adjacent to an activating group) is 1. The Morgan fingerprint density at radius 1 is 1.26 bits per heavy atom. The first-order valence-electron chi connectivity index (χ1n) is 6.92. The fraction of sp³-hybridized carbons (Fsp3) is 0.600. The van der Waals surface area contributed by atoms with Gasteiger partial charge in [-0.25, -0.2) is 8.78 Å². The molecule has 1 aliphatic rings. The molecule has 3 atom stereocenters. The molecular formula is C15H21F2NO. The maximum Gasteiger partial charge on any atom is 0.126 e. The standard InChI is InChI=1S/C15H21F2NO/c1-3-18-14(15-5-4-10(2)19-15)8-11-6-12(16)9-13(17)7-11/h6-7,9-10,14-15,18H,3-5,8H2,1-2H3. The van der Waals surface area contributed by atoms with Gasteiger partial charge in [0.05, 0.1) is 12.2 Å². The van der Waals surface area contributed by atoms with Crippen LogP contribution < -0.4 is 5.32 Å². The molecule has 106 valence electrons. The molecule has 19 heavy (non-hydrogen) atoms. The first-order valence-corrected chi connectivity index (χ1v) is 6.92. The molecule has 1 N–H and O–H groups in total. The predicted octanol–water partition coefficient (Wildman–Crippen LogP) is 3.05. The first-order chi connectivity index (χ1) is 9.08. The molecule has 1 aromatic carbocycles. The molecule has 2 nitrogen and oxygen atoms in total. The Morgan fingerprint density at radius 2 is 1.95 bits per heavy atom. The molecule has 4 heteroatoms. The third-order valence-electron chi connectivity index (χ3n) is 3.56. The van der Waals surface area contributed by atoms with E-state index in [4.69, 9.17) is 4.74 Å². The van der Waals surface area contributed by atoms with Crippen molar-refractivity contribution in [1.29, 1.82) is 0 Å². The number of rotatable bonds is 5. The molecule has 1 saturated heterocycles. The van der Waals surface area contributed by atoms with E-state index in [1.54, 1.807) is 0 Å². The lowest BCUT2D eigenvalue weighted by Crippen LogP contribution is -2.41. The molecule has 1 aromatic rings. The van der Waals surface area contributed by atoms with E-state index >= 15 is 0 Å². The normalized spacial score (nSPS) is 24.6. The third kappa shape index (κ3) is 3.98. The Hall–Kier alpha value is -1.00. The summed E-state index contributed by atoms with van der Waals surface area (Å²) in [5, 5.41) is 3.36. The molecule has 1 heterocycles. The second kappa shape index (κ2) is 6.44. The van der Waals surface area contributed by atoms with Gasteiger partial charge < -0.3 is 10.1 Å². The van der Waals surface area contributed by atoms with Crippen molar-refractivity contribution in [3.63, 3.8) is 0 Å². The largest absolute Gasteiger partial charge is 0.374 e. The zero-order valence-electron chi connectivity index (χ0n) is 11.5. The highest BCUT2D eigenvalue weighted by atomic mass is 19.1. The third-order valence-corrected chi connectivity index (χ3v) is 3.56. The smallest absolute Gasteiger partial charge is 0.126 e. The van der Waals surface area contributed by atoms with Gasteiger partial charge in [-0.2, -0.15) is 0 Å². The number of nitrogens with one attached hydrogen (secondary N) is 1. The van der Waals surface area contributed by atoms with E-state index in [9.17, 15) is 8.78 Å². The van der Waals surface area contributed by atoms with Gasteiger partial charge in [-0.05, 0) is 50.4 Å². The molecule has 1 fully saturated rings. The van der Waals surface area contributed by atoms with Crippen LogP contribution in [-0.2, 0) is 11.2 Å². The van der Waals surface area contributed by atoms with Crippen molar-refractivity contribution in [3.05, 3.63) is 35.4 Å². The summed E-state index contributed by atoms with van der Waals surface area (Å²) < 4.78 is 32.3. The molecular weight excluding hydrogens is 248 g/mol. The predicted molar refractivity (Wildman–Crippen MR) is 71.1 cm³/mol. The molecule has 0 amide bonds. The monoisotopic (exact) mass is 269 g/mol. The summed E-state index contributed by atoms with van der Waals surface area (Å²) in [6.45, 7) is 4.90. The molecule has 1 aliphatic heterocycles. The van der Waals surface area contributed by atoms with Crippen molar-refractivity contribution < 1.29 is 13.5 Å². The highest BCUT2D eigenvalue weighted by molar-refractivity contribution is 5.19. The molecule has 0 aliphatic carbocycles. The molecule has 0 aromatic heterocycles. The maximum absolute atomic E-state index is 13.2. The van der Waals surface area contributed by atoms with E-state index in [2.05, 4.69) is 12.2 Å². The van der Waals surface area contributed by atoms with Gasteiger partial charge in [-0.1, -0.05) is 6.92 Å². The van der Waals surface area contributed by atoms with Crippen LogP contribution in [0, 0.1) is 11.6 Å². The summed E-state index contributed by atoms with van der Waals surface area (Å²) in [4.78, 5) is 0. The lowest BCUT2D eigenvalue weighted by Gasteiger charge is -2.24. The van der Waals surface area contributed by atoms with Crippen LogP contribution in [0.5, 0.6) is 0 Å². The van der Waals surface area contributed by atoms with Gasteiger partial charge in [0, 0.05) is 12.1 Å². The van der Waals surface area contributed by atoms with Gasteiger partial charge in [-0.15, -0.1) is 0 Å². The molecule has 0 spiro atoms. The van der Waals surface area contributed by atoms with Crippen LogP contribution in [0.25, 0.3) is 0 Å². The van der Waals surface area contributed by atoms with Crippen LogP contribution in [0.2, 0.25) is 0 Å². The van der Waals surface area contributed by atoms with E-state index < -0.39 is 11.6 Å². The fourth-order valence-corrected chi connectivity index (χ4v) is 2.71. The van der Waals surface area contributed by atoms with Crippen LogP contribution in [0.4, 0.5) is 8.78 Å². The summed E-state index contributed by atoms with van der Waals surface area (Å²) in [7, 11) is 0. The van der Waals surface area contributed by atoms with Crippen molar-refractivity contribution in [3.8, 4) is 0 Å². The number of halogens is 2. The Labute approximate surface area is 113 Å². The molecule has 3 unspecified atom stereocenters. The van der Waals surface area contributed by atoms with Crippen molar-refractivity contribution >= 4 is 0 Å². The zero-order chi connectivity index (χ0) is 13.8. The van der Waals surface area contributed by atoms with E-state index in [-0.39, 0.29) is 18.2 Å².